The molecule has 1 saturated carbocycles. The number of halogens is 1. The van der Waals surface area contributed by atoms with E-state index in [1.54, 1.807) is 0 Å². The van der Waals surface area contributed by atoms with Gasteiger partial charge in [0.05, 0.1) is 6.04 Å². The van der Waals surface area contributed by atoms with Crippen molar-refractivity contribution in [2.24, 2.45) is 0 Å². The average molecular weight is 350 g/mol. The standard InChI is InChI=1S/C19H28ClN3O/c1-15(19(24)21-18-7-2-3-8-18)23-11-9-22(10-12-23)14-16-5-4-6-17(20)13-16/h4-6,13,15,18H,2-3,7-12,14H2,1H3,(H,21,24)/t15-/m0/s1. The Morgan fingerprint density at radius 3 is 2.62 bits per heavy atom. The van der Waals surface area contributed by atoms with Crippen molar-refractivity contribution in [1.29, 1.82) is 0 Å². The smallest absolute Gasteiger partial charge is 0.237 e. The van der Waals surface area contributed by atoms with Gasteiger partial charge in [-0.1, -0.05) is 36.6 Å². The van der Waals surface area contributed by atoms with Gasteiger partial charge in [-0.3, -0.25) is 14.6 Å². The summed E-state index contributed by atoms with van der Waals surface area (Å²) in [4.78, 5) is 17.2. The first-order valence-corrected chi connectivity index (χ1v) is 9.51. The van der Waals surface area contributed by atoms with E-state index in [4.69, 9.17) is 11.6 Å². The van der Waals surface area contributed by atoms with Crippen molar-refractivity contribution in [2.75, 3.05) is 26.2 Å². The van der Waals surface area contributed by atoms with Gasteiger partial charge in [-0.2, -0.15) is 0 Å². The van der Waals surface area contributed by atoms with Crippen molar-refractivity contribution in [2.45, 2.75) is 51.2 Å². The second kappa shape index (κ2) is 8.32. The number of hydrogen-bond acceptors (Lipinski definition) is 3. The fourth-order valence-electron chi connectivity index (χ4n) is 3.76. The van der Waals surface area contributed by atoms with Crippen LogP contribution in [0.4, 0.5) is 0 Å². The highest BCUT2D eigenvalue weighted by molar-refractivity contribution is 6.30. The Kier molecular flexibility index (Phi) is 6.14. The summed E-state index contributed by atoms with van der Waals surface area (Å²) in [5, 5.41) is 4.02. The van der Waals surface area contributed by atoms with Crippen LogP contribution < -0.4 is 5.32 Å². The minimum absolute atomic E-state index is 0.0288. The number of nitrogens with zero attached hydrogens (tertiary/aromatic N) is 2. The lowest BCUT2D eigenvalue weighted by Crippen LogP contribution is -2.54. The zero-order valence-electron chi connectivity index (χ0n) is 14.5. The first kappa shape index (κ1) is 17.7. The van der Waals surface area contributed by atoms with E-state index in [0.29, 0.717) is 6.04 Å². The molecule has 0 bridgehead atoms. The van der Waals surface area contributed by atoms with E-state index in [-0.39, 0.29) is 11.9 Å². The fraction of sp³-hybridized carbons (Fsp3) is 0.632. The molecule has 4 nitrogen and oxygen atoms in total. The zero-order chi connectivity index (χ0) is 16.9. The molecule has 1 amide bonds. The monoisotopic (exact) mass is 349 g/mol. The lowest BCUT2D eigenvalue weighted by Gasteiger charge is -2.37. The Balaban J connectivity index is 1.44. The van der Waals surface area contributed by atoms with E-state index in [1.807, 2.05) is 25.1 Å². The van der Waals surface area contributed by atoms with Crippen LogP contribution in [-0.2, 0) is 11.3 Å². The highest BCUT2D eigenvalue weighted by Gasteiger charge is 2.27. The first-order valence-electron chi connectivity index (χ1n) is 9.13. The van der Waals surface area contributed by atoms with Crippen LogP contribution in [0.5, 0.6) is 0 Å². The molecule has 1 aromatic carbocycles. The van der Waals surface area contributed by atoms with Crippen molar-refractivity contribution in [3.05, 3.63) is 34.9 Å². The summed E-state index contributed by atoms with van der Waals surface area (Å²) in [6.45, 7) is 6.84. The van der Waals surface area contributed by atoms with Gasteiger partial charge in [0, 0.05) is 43.8 Å². The van der Waals surface area contributed by atoms with Gasteiger partial charge < -0.3 is 5.32 Å². The summed E-state index contributed by atoms with van der Waals surface area (Å²) in [6, 6.07) is 8.45. The van der Waals surface area contributed by atoms with Crippen molar-refractivity contribution in [3.8, 4) is 0 Å². The number of rotatable bonds is 5. The molecule has 1 atom stereocenters. The van der Waals surface area contributed by atoms with Crippen LogP contribution in [0.1, 0.15) is 38.2 Å². The van der Waals surface area contributed by atoms with Crippen LogP contribution in [0, 0.1) is 0 Å². The van der Waals surface area contributed by atoms with Crippen LogP contribution in [0.15, 0.2) is 24.3 Å². The van der Waals surface area contributed by atoms with Crippen molar-refractivity contribution in [1.82, 2.24) is 15.1 Å². The molecule has 0 spiro atoms. The highest BCUT2D eigenvalue weighted by atomic mass is 35.5. The Hall–Kier alpha value is -1.10. The Morgan fingerprint density at radius 1 is 1.25 bits per heavy atom. The normalized spacial score (nSPS) is 21.8. The number of hydrogen-bond donors (Lipinski definition) is 1. The van der Waals surface area contributed by atoms with Gasteiger partial charge in [0.25, 0.3) is 0 Å². The maximum atomic E-state index is 12.4. The molecule has 1 N–H and O–H groups in total. The molecule has 24 heavy (non-hydrogen) atoms. The van der Waals surface area contributed by atoms with E-state index in [2.05, 4.69) is 21.2 Å². The van der Waals surface area contributed by atoms with Crippen molar-refractivity contribution in [3.63, 3.8) is 0 Å². The second-order valence-electron chi connectivity index (χ2n) is 7.11. The molecule has 2 fully saturated rings. The summed E-state index contributed by atoms with van der Waals surface area (Å²) < 4.78 is 0. The number of carbonyl (C=O) groups is 1. The van der Waals surface area contributed by atoms with Gasteiger partial charge in [0.15, 0.2) is 0 Å². The van der Waals surface area contributed by atoms with E-state index < -0.39 is 0 Å². The summed E-state index contributed by atoms with van der Waals surface area (Å²) in [7, 11) is 0. The summed E-state index contributed by atoms with van der Waals surface area (Å²) in [5.41, 5.74) is 1.25. The second-order valence-corrected chi connectivity index (χ2v) is 7.54. The van der Waals surface area contributed by atoms with Gasteiger partial charge in [-0.05, 0) is 37.5 Å². The number of amides is 1. The number of piperazine rings is 1. The van der Waals surface area contributed by atoms with E-state index in [1.165, 1.54) is 18.4 Å². The molecule has 1 aliphatic carbocycles. The van der Waals surface area contributed by atoms with E-state index in [9.17, 15) is 4.79 Å². The Bertz CT molecular complexity index is 551. The summed E-state index contributed by atoms with van der Waals surface area (Å²) in [6.07, 6.45) is 4.79. The molecular weight excluding hydrogens is 322 g/mol. The number of carbonyl (C=O) groups excluding carboxylic acids is 1. The third-order valence-corrected chi connectivity index (χ3v) is 5.57. The highest BCUT2D eigenvalue weighted by Crippen LogP contribution is 2.18. The Labute approximate surface area is 150 Å². The maximum Gasteiger partial charge on any atom is 0.237 e. The Morgan fingerprint density at radius 2 is 1.96 bits per heavy atom. The third kappa shape index (κ3) is 4.71. The summed E-state index contributed by atoms with van der Waals surface area (Å²) in [5.74, 6) is 0.199. The fourth-order valence-corrected chi connectivity index (χ4v) is 3.97. The lowest BCUT2D eigenvalue weighted by atomic mass is 10.1. The van der Waals surface area contributed by atoms with Gasteiger partial charge in [-0.25, -0.2) is 0 Å². The van der Waals surface area contributed by atoms with Crippen LogP contribution in [0.25, 0.3) is 0 Å². The van der Waals surface area contributed by atoms with E-state index in [0.717, 1.165) is 50.6 Å². The van der Waals surface area contributed by atoms with Crippen LogP contribution in [-0.4, -0.2) is 54.0 Å². The first-order chi connectivity index (χ1) is 11.6. The number of benzene rings is 1. The minimum Gasteiger partial charge on any atom is -0.352 e. The van der Waals surface area contributed by atoms with Gasteiger partial charge >= 0.3 is 0 Å². The van der Waals surface area contributed by atoms with Crippen LogP contribution in [0.3, 0.4) is 0 Å². The SMILES string of the molecule is C[C@@H](C(=O)NC1CCCC1)N1CCN(Cc2cccc(Cl)c2)CC1. The van der Waals surface area contributed by atoms with Crippen LogP contribution >= 0.6 is 11.6 Å². The van der Waals surface area contributed by atoms with Crippen molar-refractivity contribution < 1.29 is 4.79 Å². The van der Waals surface area contributed by atoms with Crippen molar-refractivity contribution >= 4 is 17.5 Å². The van der Waals surface area contributed by atoms with Gasteiger partial charge in [-0.15, -0.1) is 0 Å². The van der Waals surface area contributed by atoms with Crippen LogP contribution in [0.2, 0.25) is 5.02 Å². The molecular formula is C19H28ClN3O. The zero-order valence-corrected chi connectivity index (χ0v) is 15.3. The van der Waals surface area contributed by atoms with E-state index >= 15 is 0 Å². The average Bonchev–Trinajstić information content (AvgIpc) is 3.08. The molecule has 0 radical (unpaired) electrons. The molecule has 1 heterocycles. The molecule has 0 aromatic heterocycles. The molecule has 1 aliphatic heterocycles. The summed E-state index contributed by atoms with van der Waals surface area (Å²) >= 11 is 6.06. The maximum absolute atomic E-state index is 12.4. The molecule has 132 valence electrons. The predicted octanol–water partition coefficient (Wildman–Crippen LogP) is 2.90. The molecule has 2 aliphatic rings. The molecule has 0 unspecified atom stereocenters. The third-order valence-electron chi connectivity index (χ3n) is 5.33. The minimum atomic E-state index is -0.0288. The molecule has 1 saturated heterocycles. The quantitative estimate of drug-likeness (QED) is 0.887. The van der Waals surface area contributed by atoms with Gasteiger partial charge in [0.1, 0.15) is 0 Å². The molecule has 1 aromatic rings. The predicted molar refractivity (Wildman–Crippen MR) is 98.2 cm³/mol. The molecule has 3 rings (SSSR count). The topological polar surface area (TPSA) is 35.6 Å². The van der Waals surface area contributed by atoms with Gasteiger partial charge in [0.2, 0.25) is 5.91 Å². The molecule has 5 heteroatoms. The number of nitrogens with one attached hydrogen (secondary N) is 1. The largest absolute Gasteiger partial charge is 0.352 e. The lowest BCUT2D eigenvalue weighted by molar-refractivity contribution is -0.127.